The third kappa shape index (κ3) is 6.05. The monoisotopic (exact) mass is 429 g/mol. The van der Waals surface area contributed by atoms with Gasteiger partial charge in [-0.1, -0.05) is 31.2 Å². The van der Waals surface area contributed by atoms with Crippen LogP contribution in [0.5, 0.6) is 5.88 Å². The maximum atomic E-state index is 12.4. The summed E-state index contributed by atoms with van der Waals surface area (Å²) in [5.41, 5.74) is 7.20. The summed E-state index contributed by atoms with van der Waals surface area (Å²) < 4.78 is 5.58. The molecule has 2 aromatic heterocycles. The second-order valence-electron chi connectivity index (χ2n) is 6.95. The van der Waals surface area contributed by atoms with E-state index in [1.807, 2.05) is 38.4 Å². The van der Waals surface area contributed by atoms with E-state index < -0.39 is 0 Å². The first-order valence-electron chi connectivity index (χ1n) is 9.28. The largest absolute Gasteiger partial charge is 0.477 e. The number of ether oxygens (including phenoxy) is 1. The number of aromatic nitrogens is 2. The van der Waals surface area contributed by atoms with Gasteiger partial charge in [-0.05, 0) is 49.7 Å². The third-order valence-corrected chi connectivity index (χ3v) is 4.64. The number of benzene rings is 1. The van der Waals surface area contributed by atoms with Gasteiger partial charge in [-0.25, -0.2) is 9.97 Å². The first-order chi connectivity index (χ1) is 13.9. The summed E-state index contributed by atoms with van der Waals surface area (Å²) in [5.74, 6) is 0.568. The molecule has 0 spiro atoms. The second kappa shape index (κ2) is 10.8. The molecule has 3 rings (SSSR count). The number of hydrogen-bond donors (Lipinski definition) is 2. The SMILES string of the molecule is C.CN(C)CCCOc1ncc(C(=O)NCc2ccc3c(N)nccc3c2)cc1Cl. The molecule has 3 N–H and O–H groups in total. The summed E-state index contributed by atoms with van der Waals surface area (Å²) >= 11 is 6.22. The molecule has 0 aliphatic rings. The van der Waals surface area contributed by atoms with Gasteiger partial charge in [-0.3, -0.25) is 4.79 Å². The molecule has 3 aromatic rings. The molecule has 0 bridgehead atoms. The molecule has 0 saturated heterocycles. The molecule has 0 fully saturated rings. The maximum Gasteiger partial charge on any atom is 0.253 e. The molecule has 1 aromatic carbocycles. The van der Waals surface area contributed by atoms with E-state index in [1.165, 1.54) is 6.20 Å². The number of halogens is 1. The average Bonchev–Trinajstić information content (AvgIpc) is 2.70. The van der Waals surface area contributed by atoms with Crippen molar-refractivity contribution in [1.82, 2.24) is 20.2 Å². The number of pyridine rings is 2. The fourth-order valence-electron chi connectivity index (χ4n) is 2.85. The Morgan fingerprint density at radius 2 is 2.03 bits per heavy atom. The number of nitrogen functional groups attached to an aromatic ring is 1. The fourth-order valence-corrected chi connectivity index (χ4v) is 3.07. The summed E-state index contributed by atoms with van der Waals surface area (Å²) in [6, 6.07) is 9.25. The van der Waals surface area contributed by atoms with Crippen LogP contribution in [0.3, 0.4) is 0 Å². The van der Waals surface area contributed by atoms with Crippen molar-refractivity contribution in [1.29, 1.82) is 0 Å². The van der Waals surface area contributed by atoms with E-state index in [1.54, 1.807) is 12.3 Å². The third-order valence-electron chi connectivity index (χ3n) is 4.37. The van der Waals surface area contributed by atoms with Crippen LogP contribution in [0.2, 0.25) is 5.02 Å². The van der Waals surface area contributed by atoms with Crippen LogP contribution >= 0.6 is 11.6 Å². The zero-order valence-corrected chi connectivity index (χ0v) is 17.2. The molecule has 8 heteroatoms. The van der Waals surface area contributed by atoms with Gasteiger partial charge in [0.05, 0.1) is 12.2 Å². The predicted octanol–water partition coefficient (Wildman–Crippen LogP) is 3.76. The number of nitrogens with zero attached hydrogens (tertiary/aromatic N) is 3. The van der Waals surface area contributed by atoms with Crippen molar-refractivity contribution in [2.45, 2.75) is 20.4 Å². The second-order valence-corrected chi connectivity index (χ2v) is 7.36. The molecule has 30 heavy (non-hydrogen) atoms. The Kier molecular flexibility index (Phi) is 8.38. The van der Waals surface area contributed by atoms with Gasteiger partial charge in [-0.2, -0.15) is 0 Å². The Morgan fingerprint density at radius 1 is 1.23 bits per heavy atom. The van der Waals surface area contributed by atoms with E-state index >= 15 is 0 Å². The number of nitrogens with one attached hydrogen (secondary N) is 1. The van der Waals surface area contributed by atoms with Gasteiger partial charge in [-0.15, -0.1) is 0 Å². The van der Waals surface area contributed by atoms with Crippen LogP contribution in [-0.4, -0.2) is 48.0 Å². The molecule has 0 aliphatic carbocycles. The van der Waals surface area contributed by atoms with E-state index in [2.05, 4.69) is 20.2 Å². The van der Waals surface area contributed by atoms with Crippen LogP contribution in [0.25, 0.3) is 10.8 Å². The lowest BCUT2D eigenvalue weighted by atomic mass is 10.1. The molecule has 0 radical (unpaired) electrons. The van der Waals surface area contributed by atoms with Gasteiger partial charge in [0.2, 0.25) is 5.88 Å². The lowest BCUT2D eigenvalue weighted by Gasteiger charge is -2.11. The summed E-state index contributed by atoms with van der Waals surface area (Å²) in [6.07, 6.45) is 3.99. The number of carbonyl (C=O) groups excluding carboxylic acids is 1. The van der Waals surface area contributed by atoms with Gasteiger partial charge in [0.15, 0.2) is 0 Å². The van der Waals surface area contributed by atoms with Crippen molar-refractivity contribution >= 4 is 34.1 Å². The van der Waals surface area contributed by atoms with Crippen molar-refractivity contribution in [3.8, 4) is 5.88 Å². The Bertz CT molecular complexity index is 1010. The number of amides is 1. The topological polar surface area (TPSA) is 93.4 Å². The van der Waals surface area contributed by atoms with Crippen molar-refractivity contribution in [2.75, 3.05) is 33.0 Å². The summed E-state index contributed by atoms with van der Waals surface area (Å²) in [4.78, 5) is 22.8. The number of carbonyl (C=O) groups is 1. The number of hydrogen-bond acceptors (Lipinski definition) is 6. The van der Waals surface area contributed by atoms with Crippen LogP contribution in [0, 0.1) is 0 Å². The van der Waals surface area contributed by atoms with E-state index in [9.17, 15) is 4.79 Å². The highest BCUT2D eigenvalue weighted by Gasteiger charge is 2.11. The molecular formula is C22H28ClN5O2. The van der Waals surface area contributed by atoms with Crippen LogP contribution in [0.15, 0.2) is 42.7 Å². The zero-order chi connectivity index (χ0) is 20.8. The van der Waals surface area contributed by atoms with Gasteiger partial charge in [0, 0.05) is 30.9 Å². The normalized spacial score (nSPS) is 10.7. The molecule has 0 aliphatic heterocycles. The first kappa shape index (κ1) is 23.4. The first-order valence-corrected chi connectivity index (χ1v) is 9.66. The molecule has 0 unspecified atom stereocenters. The van der Waals surface area contributed by atoms with Crippen molar-refractivity contribution < 1.29 is 9.53 Å². The van der Waals surface area contributed by atoms with E-state index in [0.29, 0.717) is 35.4 Å². The molecule has 0 atom stereocenters. The van der Waals surface area contributed by atoms with Crippen molar-refractivity contribution in [3.05, 3.63) is 58.9 Å². The Hall–Kier alpha value is -2.90. The Labute approximate surface area is 182 Å². The highest BCUT2D eigenvalue weighted by Crippen LogP contribution is 2.23. The standard InChI is InChI=1S/C21H24ClN5O2.CH4/c1-27(2)8-3-9-29-21-18(22)11-16(13-26-21)20(28)25-12-14-4-5-17-15(10-14)6-7-24-19(17)23;/h4-7,10-11,13H,3,8-9,12H2,1-2H3,(H2,23,24)(H,25,28);1H4. The van der Waals surface area contributed by atoms with E-state index in [-0.39, 0.29) is 13.3 Å². The highest BCUT2D eigenvalue weighted by atomic mass is 35.5. The van der Waals surface area contributed by atoms with Crippen LogP contribution in [0.1, 0.15) is 29.8 Å². The minimum Gasteiger partial charge on any atom is -0.477 e. The Balaban J connectivity index is 0.00000320. The maximum absolute atomic E-state index is 12.4. The highest BCUT2D eigenvalue weighted by molar-refractivity contribution is 6.32. The summed E-state index contributed by atoms with van der Waals surface area (Å²) in [7, 11) is 4.01. The molecule has 7 nitrogen and oxygen atoms in total. The smallest absolute Gasteiger partial charge is 0.253 e. The van der Waals surface area contributed by atoms with E-state index in [4.69, 9.17) is 22.1 Å². The quantitative estimate of drug-likeness (QED) is 0.529. The summed E-state index contributed by atoms with van der Waals surface area (Å²) in [6.45, 7) is 1.80. The van der Waals surface area contributed by atoms with Crippen molar-refractivity contribution in [2.24, 2.45) is 0 Å². The fraction of sp³-hybridized carbons (Fsp3) is 0.318. The van der Waals surface area contributed by atoms with Crippen molar-refractivity contribution in [3.63, 3.8) is 0 Å². The number of nitrogens with two attached hydrogens (primary N) is 1. The Morgan fingerprint density at radius 3 is 2.77 bits per heavy atom. The van der Waals surface area contributed by atoms with Crippen LogP contribution in [-0.2, 0) is 6.54 Å². The van der Waals surface area contributed by atoms with Crippen LogP contribution < -0.4 is 15.8 Å². The van der Waals surface area contributed by atoms with Gasteiger partial charge < -0.3 is 20.7 Å². The number of fused-ring (bicyclic) bond motifs is 1. The average molecular weight is 430 g/mol. The van der Waals surface area contributed by atoms with Gasteiger partial charge in [0.1, 0.15) is 10.8 Å². The minimum atomic E-state index is -0.257. The predicted molar refractivity (Wildman–Crippen MR) is 122 cm³/mol. The molecular weight excluding hydrogens is 402 g/mol. The molecule has 2 heterocycles. The van der Waals surface area contributed by atoms with E-state index in [0.717, 1.165) is 29.3 Å². The summed E-state index contributed by atoms with van der Waals surface area (Å²) in [5, 5.41) is 5.06. The molecule has 1 amide bonds. The van der Waals surface area contributed by atoms with Crippen LogP contribution in [0.4, 0.5) is 5.82 Å². The van der Waals surface area contributed by atoms with Gasteiger partial charge >= 0.3 is 0 Å². The lowest BCUT2D eigenvalue weighted by Crippen LogP contribution is -2.23. The zero-order valence-electron chi connectivity index (χ0n) is 16.5. The van der Waals surface area contributed by atoms with Gasteiger partial charge in [0.25, 0.3) is 5.91 Å². The molecule has 0 saturated carbocycles. The lowest BCUT2D eigenvalue weighted by molar-refractivity contribution is 0.0950. The number of anilines is 1. The number of rotatable bonds is 8. The molecule has 160 valence electrons. The minimum absolute atomic E-state index is 0.